The van der Waals surface area contributed by atoms with E-state index in [2.05, 4.69) is 5.32 Å². The van der Waals surface area contributed by atoms with Gasteiger partial charge in [0.05, 0.1) is 18.6 Å². The van der Waals surface area contributed by atoms with E-state index in [1.165, 1.54) is 12.1 Å². The van der Waals surface area contributed by atoms with E-state index < -0.39 is 5.41 Å². The first-order valence-corrected chi connectivity index (χ1v) is 5.84. The van der Waals surface area contributed by atoms with Gasteiger partial charge in [-0.2, -0.15) is 0 Å². The molecule has 1 aliphatic heterocycles. The number of nitrogens with two attached hydrogens (primary N) is 1. The minimum absolute atomic E-state index is 0.238. The monoisotopic (exact) mass is 252 g/mol. The molecule has 2 atom stereocenters. The van der Waals surface area contributed by atoms with Crippen molar-refractivity contribution in [2.45, 2.75) is 19.9 Å². The van der Waals surface area contributed by atoms with Crippen molar-refractivity contribution in [1.29, 1.82) is 0 Å². The van der Waals surface area contributed by atoms with Crippen LogP contribution in [0, 0.1) is 18.2 Å². The second kappa shape index (κ2) is 4.66. The van der Waals surface area contributed by atoms with Crippen molar-refractivity contribution >= 4 is 11.6 Å². The van der Waals surface area contributed by atoms with Crippen LogP contribution in [-0.4, -0.2) is 25.2 Å². The van der Waals surface area contributed by atoms with Crippen molar-refractivity contribution in [1.82, 2.24) is 0 Å². The first-order chi connectivity index (χ1) is 8.41. The molecule has 0 radical (unpaired) electrons. The van der Waals surface area contributed by atoms with Gasteiger partial charge in [-0.3, -0.25) is 4.79 Å². The lowest BCUT2D eigenvalue weighted by molar-refractivity contribution is -0.125. The summed E-state index contributed by atoms with van der Waals surface area (Å²) in [4.78, 5) is 12.2. The summed E-state index contributed by atoms with van der Waals surface area (Å²) in [5, 5.41) is 2.70. The van der Waals surface area contributed by atoms with Crippen molar-refractivity contribution in [3.8, 4) is 0 Å². The Morgan fingerprint density at radius 2 is 2.28 bits per heavy atom. The zero-order chi connectivity index (χ0) is 13.3. The number of nitrogens with one attached hydrogen (secondary N) is 1. The Morgan fingerprint density at radius 1 is 1.56 bits per heavy atom. The molecule has 1 fully saturated rings. The fourth-order valence-corrected chi connectivity index (χ4v) is 2.01. The molecule has 1 heterocycles. The fourth-order valence-electron chi connectivity index (χ4n) is 2.01. The second-order valence-corrected chi connectivity index (χ2v) is 5.01. The van der Waals surface area contributed by atoms with Crippen LogP contribution in [0.1, 0.15) is 12.5 Å². The van der Waals surface area contributed by atoms with Gasteiger partial charge in [-0.25, -0.2) is 4.39 Å². The molecule has 2 rings (SSSR count). The molecule has 0 spiro atoms. The van der Waals surface area contributed by atoms with Gasteiger partial charge in [0.25, 0.3) is 0 Å². The van der Waals surface area contributed by atoms with Crippen LogP contribution in [0.25, 0.3) is 0 Å². The molecular weight excluding hydrogens is 235 g/mol. The largest absolute Gasteiger partial charge is 0.379 e. The Balaban J connectivity index is 2.16. The standard InChI is InChI=1S/C13H17FN2O2/c1-8-3-9(14)5-10(4-8)16-12(17)13(2)7-18-6-11(13)15/h3-5,11H,6-7,15H2,1-2H3,(H,16,17). The maximum Gasteiger partial charge on any atom is 0.234 e. The number of anilines is 1. The SMILES string of the molecule is Cc1cc(F)cc(NC(=O)C2(C)COCC2N)c1. The van der Waals surface area contributed by atoms with Gasteiger partial charge >= 0.3 is 0 Å². The third-order valence-electron chi connectivity index (χ3n) is 3.34. The van der Waals surface area contributed by atoms with E-state index >= 15 is 0 Å². The van der Waals surface area contributed by atoms with E-state index in [1.54, 1.807) is 19.9 Å². The van der Waals surface area contributed by atoms with Gasteiger partial charge in [0.2, 0.25) is 5.91 Å². The summed E-state index contributed by atoms with van der Waals surface area (Å²) < 4.78 is 18.4. The third kappa shape index (κ3) is 2.37. The second-order valence-electron chi connectivity index (χ2n) is 5.01. The average Bonchev–Trinajstić information content (AvgIpc) is 2.59. The molecule has 5 heteroatoms. The van der Waals surface area contributed by atoms with Crippen LogP contribution in [0.2, 0.25) is 0 Å². The number of halogens is 1. The van der Waals surface area contributed by atoms with Crippen molar-refractivity contribution in [2.75, 3.05) is 18.5 Å². The van der Waals surface area contributed by atoms with Crippen molar-refractivity contribution in [2.24, 2.45) is 11.1 Å². The molecule has 3 N–H and O–H groups in total. The Hall–Kier alpha value is -1.46. The van der Waals surface area contributed by atoms with Gasteiger partial charge in [0.15, 0.2) is 0 Å². The van der Waals surface area contributed by atoms with Crippen LogP contribution in [0.15, 0.2) is 18.2 Å². The van der Waals surface area contributed by atoms with Crippen LogP contribution < -0.4 is 11.1 Å². The van der Waals surface area contributed by atoms with Crippen molar-refractivity contribution in [3.63, 3.8) is 0 Å². The maximum absolute atomic E-state index is 13.2. The average molecular weight is 252 g/mol. The molecule has 98 valence electrons. The van der Waals surface area contributed by atoms with E-state index in [0.29, 0.717) is 12.3 Å². The third-order valence-corrected chi connectivity index (χ3v) is 3.34. The highest BCUT2D eigenvalue weighted by Crippen LogP contribution is 2.29. The zero-order valence-electron chi connectivity index (χ0n) is 10.5. The van der Waals surface area contributed by atoms with E-state index in [9.17, 15) is 9.18 Å². The summed E-state index contributed by atoms with van der Waals surface area (Å²) >= 11 is 0. The zero-order valence-corrected chi connectivity index (χ0v) is 10.5. The van der Waals surface area contributed by atoms with Crippen molar-refractivity contribution in [3.05, 3.63) is 29.6 Å². The molecule has 0 saturated carbocycles. The number of ether oxygens (including phenoxy) is 1. The molecule has 1 saturated heterocycles. The number of amides is 1. The summed E-state index contributed by atoms with van der Waals surface area (Å²) in [6.45, 7) is 4.18. The van der Waals surface area contributed by atoms with Gasteiger partial charge in [0, 0.05) is 11.7 Å². The Labute approximate surface area is 105 Å². The lowest BCUT2D eigenvalue weighted by Gasteiger charge is -2.25. The summed E-state index contributed by atoms with van der Waals surface area (Å²) in [6.07, 6.45) is 0. The normalized spacial score (nSPS) is 27.2. The quantitative estimate of drug-likeness (QED) is 0.837. The minimum atomic E-state index is -0.764. The molecule has 1 amide bonds. The summed E-state index contributed by atoms with van der Waals surface area (Å²) in [5.41, 5.74) is 6.30. The summed E-state index contributed by atoms with van der Waals surface area (Å²) in [5.74, 6) is -0.611. The predicted octanol–water partition coefficient (Wildman–Crippen LogP) is 1.44. The lowest BCUT2D eigenvalue weighted by Crippen LogP contribution is -2.47. The number of aryl methyl sites for hydroxylation is 1. The van der Waals surface area contributed by atoms with Crippen LogP contribution in [0.3, 0.4) is 0 Å². The van der Waals surface area contributed by atoms with Gasteiger partial charge < -0.3 is 15.8 Å². The first kappa shape index (κ1) is 13.0. The first-order valence-electron chi connectivity index (χ1n) is 5.84. The molecule has 1 aliphatic rings. The highest BCUT2D eigenvalue weighted by atomic mass is 19.1. The number of hydrogen-bond donors (Lipinski definition) is 2. The molecule has 1 aromatic rings. The molecule has 1 aromatic carbocycles. The molecule has 4 nitrogen and oxygen atoms in total. The Kier molecular flexibility index (Phi) is 3.36. The molecule has 0 aromatic heterocycles. The number of rotatable bonds is 2. The fraction of sp³-hybridized carbons (Fsp3) is 0.462. The molecular formula is C13H17FN2O2. The summed E-state index contributed by atoms with van der Waals surface area (Å²) in [6, 6.07) is 4.07. The number of hydrogen-bond acceptors (Lipinski definition) is 3. The lowest BCUT2D eigenvalue weighted by atomic mass is 9.85. The smallest absolute Gasteiger partial charge is 0.234 e. The van der Waals surface area contributed by atoms with Crippen LogP contribution in [0.5, 0.6) is 0 Å². The molecule has 0 bridgehead atoms. The molecule has 0 aliphatic carbocycles. The topological polar surface area (TPSA) is 64.3 Å². The van der Waals surface area contributed by atoms with E-state index in [0.717, 1.165) is 5.56 Å². The molecule has 2 unspecified atom stereocenters. The number of carbonyl (C=O) groups excluding carboxylic acids is 1. The minimum Gasteiger partial charge on any atom is -0.379 e. The Bertz CT molecular complexity index is 458. The van der Waals surface area contributed by atoms with E-state index in [4.69, 9.17) is 10.5 Å². The van der Waals surface area contributed by atoms with Crippen LogP contribution in [0.4, 0.5) is 10.1 Å². The Morgan fingerprint density at radius 3 is 2.83 bits per heavy atom. The van der Waals surface area contributed by atoms with Gasteiger partial charge in [-0.15, -0.1) is 0 Å². The summed E-state index contributed by atoms with van der Waals surface area (Å²) in [7, 11) is 0. The molecule has 18 heavy (non-hydrogen) atoms. The number of benzene rings is 1. The maximum atomic E-state index is 13.2. The highest BCUT2D eigenvalue weighted by Gasteiger charge is 2.44. The van der Waals surface area contributed by atoms with E-state index in [1.807, 2.05) is 0 Å². The van der Waals surface area contributed by atoms with Gasteiger partial charge in [-0.05, 0) is 37.6 Å². The van der Waals surface area contributed by atoms with Gasteiger partial charge in [0.1, 0.15) is 5.82 Å². The van der Waals surface area contributed by atoms with Crippen LogP contribution in [-0.2, 0) is 9.53 Å². The highest BCUT2D eigenvalue weighted by molar-refractivity contribution is 5.96. The predicted molar refractivity (Wildman–Crippen MR) is 66.7 cm³/mol. The number of carbonyl (C=O) groups is 1. The van der Waals surface area contributed by atoms with E-state index in [-0.39, 0.29) is 24.4 Å². The van der Waals surface area contributed by atoms with Crippen LogP contribution >= 0.6 is 0 Å². The van der Waals surface area contributed by atoms with Gasteiger partial charge in [-0.1, -0.05) is 0 Å². The van der Waals surface area contributed by atoms with Crippen molar-refractivity contribution < 1.29 is 13.9 Å².